The number of rotatable bonds is 8. The zero-order valence-corrected chi connectivity index (χ0v) is 17.6. The van der Waals surface area contributed by atoms with E-state index in [0.29, 0.717) is 12.6 Å². The molecule has 1 rings (SSSR count). The number of nitrogens with one attached hydrogen (secondary N) is 2. The van der Waals surface area contributed by atoms with E-state index in [2.05, 4.69) is 74.5 Å². The van der Waals surface area contributed by atoms with Crippen LogP contribution in [0.4, 0.5) is 0 Å². The Bertz CT molecular complexity index is 460. The summed E-state index contributed by atoms with van der Waals surface area (Å²) in [4.78, 5) is 7.06. The molecule has 132 valence electrons. The van der Waals surface area contributed by atoms with Crippen molar-refractivity contribution in [3.63, 3.8) is 0 Å². The highest BCUT2D eigenvalue weighted by atomic mass is 127. The van der Waals surface area contributed by atoms with E-state index in [-0.39, 0.29) is 24.0 Å². The van der Waals surface area contributed by atoms with Crippen LogP contribution in [0.1, 0.15) is 45.2 Å². The third kappa shape index (κ3) is 8.55. The van der Waals surface area contributed by atoms with E-state index in [1.807, 2.05) is 0 Å². The van der Waals surface area contributed by atoms with E-state index in [0.717, 1.165) is 32.0 Å². The van der Waals surface area contributed by atoms with Crippen LogP contribution in [0.5, 0.6) is 0 Å². The Hall–Kier alpha value is -0.820. The van der Waals surface area contributed by atoms with Gasteiger partial charge in [-0.2, -0.15) is 0 Å². The smallest absolute Gasteiger partial charge is 0.191 e. The maximum Gasteiger partial charge on any atom is 0.191 e. The molecular formula is C18H33IN4. The summed E-state index contributed by atoms with van der Waals surface area (Å²) in [6.07, 6.45) is 1.10. The van der Waals surface area contributed by atoms with Crippen LogP contribution >= 0.6 is 24.0 Å². The second kappa shape index (κ2) is 12.6. The van der Waals surface area contributed by atoms with Gasteiger partial charge in [0, 0.05) is 25.7 Å². The quantitative estimate of drug-likeness (QED) is 0.375. The van der Waals surface area contributed by atoms with Crippen molar-refractivity contribution in [2.24, 2.45) is 4.99 Å². The molecule has 0 aliphatic carbocycles. The molecule has 0 aliphatic rings. The molecule has 1 aromatic rings. The van der Waals surface area contributed by atoms with Crippen molar-refractivity contribution in [3.8, 4) is 0 Å². The van der Waals surface area contributed by atoms with Crippen molar-refractivity contribution in [3.05, 3.63) is 35.4 Å². The zero-order valence-electron chi connectivity index (χ0n) is 15.2. The van der Waals surface area contributed by atoms with Gasteiger partial charge in [-0.3, -0.25) is 4.90 Å². The first-order valence-electron chi connectivity index (χ1n) is 8.37. The topological polar surface area (TPSA) is 39.7 Å². The molecular weight excluding hydrogens is 399 g/mol. The number of aliphatic imine (C=N–C) groups is 1. The van der Waals surface area contributed by atoms with Gasteiger partial charge in [-0.25, -0.2) is 4.99 Å². The molecule has 0 spiro atoms. The van der Waals surface area contributed by atoms with E-state index in [4.69, 9.17) is 4.99 Å². The molecule has 0 saturated carbocycles. The average molecular weight is 432 g/mol. The predicted octanol–water partition coefficient (Wildman–Crippen LogP) is 3.61. The van der Waals surface area contributed by atoms with Crippen molar-refractivity contribution in [1.29, 1.82) is 0 Å². The summed E-state index contributed by atoms with van der Waals surface area (Å²) in [5.41, 5.74) is 2.65. The Morgan fingerprint density at radius 1 is 1.13 bits per heavy atom. The lowest BCUT2D eigenvalue weighted by molar-refractivity contribution is 0.265. The summed E-state index contributed by atoms with van der Waals surface area (Å²) in [5, 5.41) is 6.64. The van der Waals surface area contributed by atoms with E-state index in [1.165, 1.54) is 11.1 Å². The van der Waals surface area contributed by atoms with Crippen LogP contribution in [0.3, 0.4) is 0 Å². The zero-order chi connectivity index (χ0) is 16.4. The molecule has 0 atom stereocenters. The minimum absolute atomic E-state index is 0. The van der Waals surface area contributed by atoms with E-state index >= 15 is 0 Å². The van der Waals surface area contributed by atoms with Crippen LogP contribution in [-0.4, -0.2) is 37.0 Å². The van der Waals surface area contributed by atoms with Gasteiger partial charge in [0.25, 0.3) is 0 Å². The van der Waals surface area contributed by atoms with Crippen molar-refractivity contribution in [2.45, 2.75) is 53.2 Å². The minimum Gasteiger partial charge on any atom is -0.357 e. The summed E-state index contributed by atoms with van der Waals surface area (Å²) in [7, 11) is 2.16. The SMILES string of the molecule is CCCNC(=NCc1ccccc1CN(C)C(C)C)NCC.I. The van der Waals surface area contributed by atoms with Gasteiger partial charge < -0.3 is 10.6 Å². The summed E-state index contributed by atoms with van der Waals surface area (Å²) >= 11 is 0. The van der Waals surface area contributed by atoms with Crippen LogP contribution in [0, 0.1) is 0 Å². The van der Waals surface area contributed by atoms with Crippen molar-refractivity contribution in [1.82, 2.24) is 15.5 Å². The third-order valence-corrected chi connectivity index (χ3v) is 3.71. The fourth-order valence-corrected chi connectivity index (χ4v) is 2.07. The van der Waals surface area contributed by atoms with Gasteiger partial charge in [0.05, 0.1) is 6.54 Å². The van der Waals surface area contributed by atoms with Crippen LogP contribution < -0.4 is 10.6 Å². The Morgan fingerprint density at radius 3 is 2.35 bits per heavy atom. The van der Waals surface area contributed by atoms with E-state index < -0.39 is 0 Å². The van der Waals surface area contributed by atoms with Gasteiger partial charge in [-0.1, -0.05) is 31.2 Å². The highest BCUT2D eigenvalue weighted by Crippen LogP contribution is 2.13. The molecule has 1 aromatic carbocycles. The molecule has 2 N–H and O–H groups in total. The van der Waals surface area contributed by atoms with Gasteiger partial charge in [0.2, 0.25) is 0 Å². The van der Waals surface area contributed by atoms with Gasteiger partial charge >= 0.3 is 0 Å². The number of hydrogen-bond acceptors (Lipinski definition) is 2. The van der Waals surface area contributed by atoms with Crippen molar-refractivity contribution in [2.75, 3.05) is 20.1 Å². The second-order valence-corrected chi connectivity index (χ2v) is 5.90. The molecule has 4 nitrogen and oxygen atoms in total. The molecule has 0 amide bonds. The molecule has 23 heavy (non-hydrogen) atoms. The second-order valence-electron chi connectivity index (χ2n) is 5.90. The maximum atomic E-state index is 4.71. The van der Waals surface area contributed by atoms with Gasteiger partial charge in [0.15, 0.2) is 5.96 Å². The molecule has 0 bridgehead atoms. The molecule has 0 unspecified atom stereocenters. The van der Waals surface area contributed by atoms with Crippen molar-refractivity contribution >= 4 is 29.9 Å². The minimum atomic E-state index is 0. The fourth-order valence-electron chi connectivity index (χ4n) is 2.07. The Labute approximate surface area is 159 Å². The normalized spacial score (nSPS) is 11.5. The lowest BCUT2D eigenvalue weighted by atomic mass is 10.1. The summed E-state index contributed by atoms with van der Waals surface area (Å²) in [6.45, 7) is 12.2. The number of hydrogen-bond donors (Lipinski definition) is 2. The first kappa shape index (κ1) is 22.2. The van der Waals surface area contributed by atoms with Gasteiger partial charge in [0.1, 0.15) is 0 Å². The Balaban J connectivity index is 0.00000484. The Morgan fingerprint density at radius 2 is 1.78 bits per heavy atom. The fraction of sp³-hybridized carbons (Fsp3) is 0.611. The largest absolute Gasteiger partial charge is 0.357 e. The first-order valence-corrected chi connectivity index (χ1v) is 8.37. The lowest BCUT2D eigenvalue weighted by Crippen LogP contribution is -2.37. The number of nitrogens with zero attached hydrogens (tertiary/aromatic N) is 2. The molecule has 0 radical (unpaired) electrons. The standard InChI is InChI=1S/C18H32N4.HI/c1-6-12-20-18(19-7-2)21-13-16-10-8-9-11-17(16)14-22(5)15(3)4;/h8-11,15H,6-7,12-14H2,1-5H3,(H2,19,20,21);1H. The highest BCUT2D eigenvalue weighted by molar-refractivity contribution is 14.0. The molecule has 5 heteroatoms. The highest BCUT2D eigenvalue weighted by Gasteiger charge is 2.08. The van der Waals surface area contributed by atoms with E-state index in [9.17, 15) is 0 Å². The lowest BCUT2D eigenvalue weighted by Gasteiger charge is -2.22. The number of halogens is 1. The van der Waals surface area contributed by atoms with Crippen LogP contribution in [0.2, 0.25) is 0 Å². The monoisotopic (exact) mass is 432 g/mol. The van der Waals surface area contributed by atoms with Gasteiger partial charge in [-0.15, -0.1) is 24.0 Å². The summed E-state index contributed by atoms with van der Waals surface area (Å²) in [6, 6.07) is 9.12. The Kier molecular flexibility index (Phi) is 12.1. The third-order valence-electron chi connectivity index (χ3n) is 3.71. The average Bonchev–Trinajstić information content (AvgIpc) is 2.51. The maximum absolute atomic E-state index is 4.71. The molecule has 0 heterocycles. The molecule has 0 aromatic heterocycles. The number of benzene rings is 1. The van der Waals surface area contributed by atoms with Gasteiger partial charge in [-0.05, 0) is 45.4 Å². The van der Waals surface area contributed by atoms with E-state index in [1.54, 1.807) is 0 Å². The number of guanidine groups is 1. The summed E-state index contributed by atoms with van der Waals surface area (Å²) in [5.74, 6) is 0.899. The summed E-state index contributed by atoms with van der Waals surface area (Å²) < 4.78 is 0. The van der Waals surface area contributed by atoms with Crippen molar-refractivity contribution < 1.29 is 0 Å². The van der Waals surface area contributed by atoms with Crippen LogP contribution in [-0.2, 0) is 13.1 Å². The van der Waals surface area contributed by atoms with Crippen LogP contribution in [0.25, 0.3) is 0 Å². The first-order chi connectivity index (χ1) is 10.6. The molecule has 0 fully saturated rings. The van der Waals surface area contributed by atoms with Crippen LogP contribution in [0.15, 0.2) is 29.3 Å². The molecule has 0 saturated heterocycles. The predicted molar refractivity (Wildman–Crippen MR) is 112 cm³/mol. The molecule has 0 aliphatic heterocycles.